The first-order chi connectivity index (χ1) is 9.08. The molecule has 96 valence electrons. The Morgan fingerprint density at radius 3 is 2.74 bits per heavy atom. The highest BCUT2D eigenvalue weighted by atomic mass is 79.9. The quantitative estimate of drug-likeness (QED) is 0.551. The van der Waals surface area contributed by atoms with Crippen LogP contribution in [0.2, 0.25) is 15.2 Å². The van der Waals surface area contributed by atoms with Crippen LogP contribution in [0.5, 0.6) is 0 Å². The van der Waals surface area contributed by atoms with Gasteiger partial charge in [0.25, 0.3) is 0 Å². The van der Waals surface area contributed by atoms with Crippen molar-refractivity contribution in [1.82, 2.24) is 14.6 Å². The van der Waals surface area contributed by atoms with E-state index < -0.39 is 0 Å². The van der Waals surface area contributed by atoms with Crippen molar-refractivity contribution in [2.75, 3.05) is 0 Å². The summed E-state index contributed by atoms with van der Waals surface area (Å²) >= 11 is 21.8. The SMILES string of the molecule is Clc1cccc(-c2cc(Cl)n3ncc(Br)c3n2)c1Cl. The van der Waals surface area contributed by atoms with Gasteiger partial charge >= 0.3 is 0 Å². The van der Waals surface area contributed by atoms with Crippen molar-refractivity contribution in [3.8, 4) is 11.3 Å². The van der Waals surface area contributed by atoms with Gasteiger partial charge in [0.2, 0.25) is 0 Å². The van der Waals surface area contributed by atoms with Crippen LogP contribution in [-0.2, 0) is 0 Å². The van der Waals surface area contributed by atoms with Gasteiger partial charge < -0.3 is 0 Å². The summed E-state index contributed by atoms with van der Waals surface area (Å²) in [6, 6.07) is 7.08. The molecule has 0 bridgehead atoms. The van der Waals surface area contributed by atoms with Crippen LogP contribution in [0.15, 0.2) is 34.9 Å². The molecule has 3 nitrogen and oxygen atoms in total. The van der Waals surface area contributed by atoms with Gasteiger partial charge in [0.15, 0.2) is 5.65 Å². The molecular formula is C12H5BrCl3N3. The maximum Gasteiger partial charge on any atom is 0.171 e. The van der Waals surface area contributed by atoms with E-state index in [9.17, 15) is 0 Å². The third kappa shape index (κ3) is 2.23. The van der Waals surface area contributed by atoms with Gasteiger partial charge in [0.05, 0.1) is 26.4 Å². The molecule has 0 aliphatic carbocycles. The van der Waals surface area contributed by atoms with Crippen LogP contribution in [-0.4, -0.2) is 14.6 Å². The summed E-state index contributed by atoms with van der Waals surface area (Å²) in [5, 5.41) is 5.48. The molecule has 0 N–H and O–H groups in total. The van der Waals surface area contributed by atoms with Crippen LogP contribution >= 0.6 is 50.7 Å². The molecule has 0 fully saturated rings. The predicted octanol–water partition coefficient (Wildman–Crippen LogP) is 5.12. The molecule has 7 heteroatoms. The van der Waals surface area contributed by atoms with E-state index in [2.05, 4.69) is 26.0 Å². The third-order valence-corrected chi connectivity index (χ3v) is 4.26. The van der Waals surface area contributed by atoms with Crippen molar-refractivity contribution in [3.05, 3.63) is 50.1 Å². The molecule has 0 amide bonds. The Bertz CT molecular complexity index is 785. The molecule has 0 aliphatic rings. The van der Waals surface area contributed by atoms with E-state index in [1.165, 1.54) is 4.52 Å². The van der Waals surface area contributed by atoms with Crippen LogP contribution in [0.4, 0.5) is 0 Å². The minimum Gasteiger partial charge on any atom is -0.227 e. The van der Waals surface area contributed by atoms with Crippen LogP contribution < -0.4 is 0 Å². The molecule has 0 atom stereocenters. The molecule has 3 aromatic rings. The molecule has 2 aromatic heterocycles. The highest BCUT2D eigenvalue weighted by molar-refractivity contribution is 9.10. The minimum absolute atomic E-state index is 0.446. The van der Waals surface area contributed by atoms with Gasteiger partial charge in [-0.05, 0) is 22.0 Å². The molecule has 0 aliphatic heterocycles. The van der Waals surface area contributed by atoms with Gasteiger partial charge in [0.1, 0.15) is 5.15 Å². The van der Waals surface area contributed by atoms with Gasteiger partial charge in [-0.2, -0.15) is 5.10 Å². The van der Waals surface area contributed by atoms with Crippen LogP contribution in [0.1, 0.15) is 0 Å². The third-order valence-electron chi connectivity index (χ3n) is 2.61. The number of halogens is 4. The Kier molecular flexibility index (Phi) is 3.43. The maximum atomic E-state index is 6.20. The van der Waals surface area contributed by atoms with Crippen molar-refractivity contribution < 1.29 is 0 Å². The summed E-state index contributed by atoms with van der Waals surface area (Å²) in [7, 11) is 0. The summed E-state index contributed by atoms with van der Waals surface area (Å²) < 4.78 is 2.29. The highest BCUT2D eigenvalue weighted by Crippen LogP contribution is 2.34. The smallest absolute Gasteiger partial charge is 0.171 e. The average Bonchev–Trinajstić information content (AvgIpc) is 2.75. The number of rotatable bonds is 1. The second-order valence-corrected chi connectivity index (χ2v) is 5.82. The van der Waals surface area contributed by atoms with E-state index in [4.69, 9.17) is 34.8 Å². The molecular weight excluding hydrogens is 372 g/mol. The maximum absolute atomic E-state index is 6.20. The molecule has 2 heterocycles. The molecule has 19 heavy (non-hydrogen) atoms. The monoisotopic (exact) mass is 375 g/mol. The molecule has 0 saturated heterocycles. The summed E-state index contributed by atoms with van der Waals surface area (Å²) in [5.74, 6) is 0. The van der Waals surface area contributed by atoms with E-state index in [0.717, 1.165) is 10.0 Å². The van der Waals surface area contributed by atoms with Crippen molar-refractivity contribution in [1.29, 1.82) is 0 Å². The van der Waals surface area contributed by atoms with Gasteiger partial charge in [-0.3, -0.25) is 0 Å². The zero-order valence-electron chi connectivity index (χ0n) is 9.24. The molecule has 0 saturated carbocycles. The number of benzene rings is 1. The van der Waals surface area contributed by atoms with Crippen molar-refractivity contribution in [2.45, 2.75) is 0 Å². The fraction of sp³-hybridized carbons (Fsp3) is 0. The Labute approximate surface area is 132 Å². The lowest BCUT2D eigenvalue weighted by Crippen LogP contribution is -1.95. The van der Waals surface area contributed by atoms with Gasteiger partial charge in [0, 0.05) is 11.6 Å². The molecule has 0 spiro atoms. The van der Waals surface area contributed by atoms with Crippen LogP contribution in [0.3, 0.4) is 0 Å². The Balaban J connectivity index is 2.31. The second-order valence-electron chi connectivity index (χ2n) is 3.79. The zero-order chi connectivity index (χ0) is 13.6. The van der Waals surface area contributed by atoms with E-state index in [1.54, 1.807) is 18.3 Å². The Hall–Kier alpha value is -0.810. The predicted molar refractivity (Wildman–Crippen MR) is 81.2 cm³/mol. The fourth-order valence-electron chi connectivity index (χ4n) is 1.74. The first-order valence-electron chi connectivity index (χ1n) is 5.22. The number of fused-ring (bicyclic) bond motifs is 1. The van der Waals surface area contributed by atoms with Gasteiger partial charge in [-0.25, -0.2) is 9.50 Å². The van der Waals surface area contributed by atoms with E-state index in [1.807, 2.05) is 12.1 Å². The van der Waals surface area contributed by atoms with Crippen LogP contribution in [0.25, 0.3) is 16.9 Å². The lowest BCUT2D eigenvalue weighted by atomic mass is 10.1. The molecule has 0 radical (unpaired) electrons. The summed E-state index contributed by atoms with van der Waals surface area (Å²) in [6.07, 6.45) is 1.64. The standard InChI is InChI=1S/C12H5BrCl3N3/c13-7-5-17-19-10(15)4-9(18-12(7)19)6-2-1-3-8(14)11(6)16/h1-5H. The number of hydrogen-bond acceptors (Lipinski definition) is 2. The zero-order valence-corrected chi connectivity index (χ0v) is 13.1. The molecule has 1 aromatic carbocycles. The second kappa shape index (κ2) is 4.94. The molecule has 0 unspecified atom stereocenters. The van der Waals surface area contributed by atoms with Gasteiger partial charge in [-0.1, -0.05) is 46.9 Å². The lowest BCUT2D eigenvalue weighted by molar-refractivity contribution is 0.942. The first kappa shape index (κ1) is 13.2. The summed E-state index contributed by atoms with van der Waals surface area (Å²) in [5.41, 5.74) is 2.00. The minimum atomic E-state index is 0.446. The Morgan fingerprint density at radius 1 is 1.16 bits per heavy atom. The summed E-state index contributed by atoms with van der Waals surface area (Å²) in [4.78, 5) is 4.49. The summed E-state index contributed by atoms with van der Waals surface area (Å²) in [6.45, 7) is 0. The molecule has 3 rings (SSSR count). The van der Waals surface area contributed by atoms with Crippen molar-refractivity contribution in [2.24, 2.45) is 0 Å². The van der Waals surface area contributed by atoms with Crippen molar-refractivity contribution >= 4 is 56.4 Å². The van der Waals surface area contributed by atoms with Crippen LogP contribution in [0, 0.1) is 0 Å². The number of nitrogens with zero attached hydrogens (tertiary/aromatic N) is 3. The lowest BCUT2D eigenvalue weighted by Gasteiger charge is -2.07. The fourth-order valence-corrected chi connectivity index (χ4v) is 2.71. The number of aromatic nitrogens is 3. The van der Waals surface area contributed by atoms with Gasteiger partial charge in [-0.15, -0.1) is 0 Å². The Morgan fingerprint density at radius 2 is 1.95 bits per heavy atom. The first-order valence-corrected chi connectivity index (χ1v) is 7.15. The van der Waals surface area contributed by atoms with Crippen molar-refractivity contribution in [3.63, 3.8) is 0 Å². The average molecular weight is 377 g/mol. The topological polar surface area (TPSA) is 30.2 Å². The number of hydrogen-bond donors (Lipinski definition) is 0. The van der Waals surface area contributed by atoms with E-state index in [-0.39, 0.29) is 0 Å². The highest BCUT2D eigenvalue weighted by Gasteiger charge is 2.13. The largest absolute Gasteiger partial charge is 0.227 e. The van der Waals surface area contributed by atoms with E-state index >= 15 is 0 Å². The van der Waals surface area contributed by atoms with E-state index in [0.29, 0.717) is 26.5 Å². The normalized spacial score (nSPS) is 11.2.